The average Bonchev–Trinajstić information content (AvgIpc) is 2.97. The lowest BCUT2D eigenvalue weighted by Gasteiger charge is -2.18. The Morgan fingerprint density at radius 2 is 1.64 bits per heavy atom. The molecule has 0 N–H and O–H groups in total. The van der Waals surface area contributed by atoms with Crippen LogP contribution in [-0.4, -0.2) is 34.5 Å². The van der Waals surface area contributed by atoms with Crippen molar-refractivity contribution in [1.29, 1.82) is 0 Å². The largest absolute Gasteiger partial charge is 0.497 e. The summed E-state index contributed by atoms with van der Waals surface area (Å²) in [4.78, 5) is 33.6. The van der Waals surface area contributed by atoms with Crippen molar-refractivity contribution in [3.63, 3.8) is 0 Å². The number of ether oxygens (including phenoxy) is 1. The smallest absolute Gasteiger partial charge is 0.266 e. The number of hydrogen-bond donors (Lipinski definition) is 0. The minimum absolute atomic E-state index is 0.129. The van der Waals surface area contributed by atoms with Crippen LogP contribution in [0.15, 0.2) is 107 Å². The fourth-order valence-corrected chi connectivity index (χ4v) is 5.30. The molecule has 196 valence electrons. The number of amides is 1. The van der Waals surface area contributed by atoms with Crippen LogP contribution < -0.4 is 10.3 Å². The highest BCUT2D eigenvalue weighted by molar-refractivity contribution is 7.98. The van der Waals surface area contributed by atoms with Gasteiger partial charge in [-0.3, -0.25) is 14.2 Å². The molecule has 0 unspecified atom stereocenters. The van der Waals surface area contributed by atoms with Crippen LogP contribution in [0.2, 0.25) is 0 Å². The number of benzene rings is 4. The van der Waals surface area contributed by atoms with Gasteiger partial charge in [0, 0.05) is 24.9 Å². The highest BCUT2D eigenvalue weighted by Crippen LogP contribution is 2.26. The van der Waals surface area contributed by atoms with Gasteiger partial charge in [-0.15, -0.1) is 0 Å². The monoisotopic (exact) mass is 535 g/mol. The van der Waals surface area contributed by atoms with Crippen LogP contribution in [-0.2, 0) is 12.3 Å². The third-order valence-corrected chi connectivity index (χ3v) is 7.52. The normalized spacial score (nSPS) is 10.9. The zero-order chi connectivity index (χ0) is 27.4. The number of carbonyl (C=O) groups excluding carboxylic acids is 1. The van der Waals surface area contributed by atoms with Gasteiger partial charge in [0.15, 0.2) is 5.16 Å². The van der Waals surface area contributed by atoms with E-state index in [1.54, 1.807) is 41.8 Å². The van der Waals surface area contributed by atoms with E-state index in [0.717, 1.165) is 11.1 Å². The van der Waals surface area contributed by atoms with Gasteiger partial charge in [0.2, 0.25) is 0 Å². The van der Waals surface area contributed by atoms with E-state index in [0.29, 0.717) is 45.4 Å². The number of hydrogen-bond acceptors (Lipinski definition) is 5. The number of carbonyl (C=O) groups is 1. The predicted octanol–water partition coefficient (Wildman–Crippen LogP) is 6.27. The van der Waals surface area contributed by atoms with Gasteiger partial charge in [-0.25, -0.2) is 4.98 Å². The lowest BCUT2D eigenvalue weighted by atomic mass is 10.1. The molecule has 1 heterocycles. The molecular weight excluding hydrogens is 506 g/mol. The molecule has 0 saturated carbocycles. The van der Waals surface area contributed by atoms with Gasteiger partial charge in [0.05, 0.1) is 23.7 Å². The fourth-order valence-electron chi connectivity index (χ4n) is 4.34. The molecule has 0 aliphatic rings. The number of thioether (sulfide) groups is 1. The first-order valence-corrected chi connectivity index (χ1v) is 13.6. The van der Waals surface area contributed by atoms with Gasteiger partial charge in [-0.1, -0.05) is 71.9 Å². The minimum atomic E-state index is -0.187. The van der Waals surface area contributed by atoms with Crippen molar-refractivity contribution in [3.05, 3.63) is 130 Å². The van der Waals surface area contributed by atoms with Gasteiger partial charge in [-0.05, 0) is 60.5 Å². The van der Waals surface area contributed by atoms with Crippen molar-refractivity contribution in [3.8, 4) is 11.4 Å². The first-order chi connectivity index (χ1) is 18.9. The third-order valence-electron chi connectivity index (χ3n) is 6.51. The average molecular weight is 536 g/mol. The van der Waals surface area contributed by atoms with Crippen LogP contribution in [0.4, 0.5) is 0 Å². The summed E-state index contributed by atoms with van der Waals surface area (Å²) in [6.07, 6.45) is 0. The van der Waals surface area contributed by atoms with Crippen molar-refractivity contribution in [1.82, 2.24) is 14.5 Å². The molecular formula is C32H29N3O3S. The Morgan fingerprint density at radius 3 is 2.33 bits per heavy atom. The topological polar surface area (TPSA) is 64.4 Å². The van der Waals surface area contributed by atoms with Crippen molar-refractivity contribution in [2.24, 2.45) is 0 Å². The summed E-state index contributed by atoms with van der Waals surface area (Å²) in [5.41, 5.74) is 4.87. The van der Waals surface area contributed by atoms with Gasteiger partial charge in [-0.2, -0.15) is 0 Å². The van der Waals surface area contributed by atoms with Crippen molar-refractivity contribution >= 4 is 28.6 Å². The maximum atomic E-state index is 13.8. The Kier molecular flexibility index (Phi) is 7.79. The lowest BCUT2D eigenvalue weighted by molar-refractivity contribution is 0.0785. The maximum Gasteiger partial charge on any atom is 0.266 e. The quantitative estimate of drug-likeness (QED) is 0.173. The highest BCUT2D eigenvalue weighted by atomic mass is 32.2. The Labute approximate surface area is 231 Å². The van der Waals surface area contributed by atoms with Gasteiger partial charge in [0.1, 0.15) is 5.75 Å². The molecule has 5 aromatic rings. The van der Waals surface area contributed by atoms with E-state index in [9.17, 15) is 9.59 Å². The van der Waals surface area contributed by atoms with E-state index in [2.05, 4.69) is 31.2 Å². The number of rotatable bonds is 8. The summed E-state index contributed by atoms with van der Waals surface area (Å²) in [5, 5.41) is 1.01. The van der Waals surface area contributed by atoms with E-state index >= 15 is 0 Å². The number of fused-ring (bicyclic) bond motifs is 1. The minimum Gasteiger partial charge on any atom is -0.497 e. The van der Waals surface area contributed by atoms with Gasteiger partial charge >= 0.3 is 0 Å². The molecule has 0 aliphatic carbocycles. The summed E-state index contributed by atoms with van der Waals surface area (Å²) in [6.45, 7) is 2.54. The summed E-state index contributed by atoms with van der Waals surface area (Å²) in [7, 11) is 3.38. The second kappa shape index (κ2) is 11.6. The molecule has 5 rings (SSSR count). The third kappa shape index (κ3) is 5.89. The molecule has 0 saturated heterocycles. The van der Waals surface area contributed by atoms with Crippen LogP contribution in [0.1, 0.15) is 27.0 Å². The molecule has 0 fully saturated rings. The lowest BCUT2D eigenvalue weighted by Crippen LogP contribution is -2.26. The fraction of sp³-hybridized carbons (Fsp3) is 0.156. The SMILES string of the molecule is COc1ccc(-n2c(SCc3ccc(C)cc3)nc3cc(C(=O)N(C)Cc4ccccc4)ccc3c2=O)cc1. The molecule has 4 aromatic carbocycles. The van der Waals surface area contributed by atoms with E-state index in [4.69, 9.17) is 9.72 Å². The zero-order valence-corrected chi connectivity index (χ0v) is 22.9. The number of aryl methyl sites for hydroxylation is 1. The van der Waals surface area contributed by atoms with Gasteiger partial charge < -0.3 is 9.64 Å². The van der Waals surface area contributed by atoms with Crippen LogP contribution >= 0.6 is 11.8 Å². The molecule has 39 heavy (non-hydrogen) atoms. The summed E-state index contributed by atoms with van der Waals surface area (Å²) in [5.74, 6) is 1.22. The second-order valence-corrected chi connectivity index (χ2v) is 10.3. The Balaban J connectivity index is 1.53. The Bertz CT molecular complexity index is 1660. The van der Waals surface area contributed by atoms with Crippen LogP contribution in [0.5, 0.6) is 5.75 Å². The zero-order valence-electron chi connectivity index (χ0n) is 22.1. The van der Waals surface area contributed by atoms with Crippen molar-refractivity contribution in [2.45, 2.75) is 24.4 Å². The summed E-state index contributed by atoms with van der Waals surface area (Å²) >= 11 is 1.49. The molecule has 0 spiro atoms. The summed E-state index contributed by atoms with van der Waals surface area (Å²) < 4.78 is 6.93. The number of methoxy groups -OCH3 is 1. The number of aromatic nitrogens is 2. The second-order valence-electron chi connectivity index (χ2n) is 9.39. The molecule has 1 aromatic heterocycles. The molecule has 0 aliphatic heterocycles. The molecule has 6 nitrogen and oxygen atoms in total. The maximum absolute atomic E-state index is 13.8. The molecule has 7 heteroatoms. The first kappa shape index (κ1) is 26.3. The Hall–Kier alpha value is -4.36. The van der Waals surface area contributed by atoms with E-state index in [1.807, 2.05) is 54.6 Å². The first-order valence-electron chi connectivity index (χ1n) is 12.6. The predicted molar refractivity (Wildman–Crippen MR) is 157 cm³/mol. The van der Waals surface area contributed by atoms with Crippen LogP contribution in [0.25, 0.3) is 16.6 Å². The van der Waals surface area contributed by atoms with Crippen LogP contribution in [0.3, 0.4) is 0 Å². The standard InChI is InChI=1S/C32H29N3O3S/c1-22-9-11-24(12-10-22)21-39-32-33-29-19-25(30(36)34(2)20-23-7-5-4-6-8-23)13-18-28(29)31(37)35(32)26-14-16-27(38-3)17-15-26/h4-19H,20-21H2,1-3H3. The van der Waals surface area contributed by atoms with Crippen LogP contribution in [0, 0.1) is 6.92 Å². The summed E-state index contributed by atoms with van der Waals surface area (Å²) in [6, 6.07) is 30.6. The number of nitrogens with zero attached hydrogens (tertiary/aromatic N) is 3. The van der Waals surface area contributed by atoms with E-state index < -0.39 is 0 Å². The molecule has 0 radical (unpaired) electrons. The highest BCUT2D eigenvalue weighted by Gasteiger charge is 2.18. The molecule has 0 bridgehead atoms. The Morgan fingerprint density at radius 1 is 0.923 bits per heavy atom. The molecule has 1 amide bonds. The van der Waals surface area contributed by atoms with Crippen molar-refractivity contribution in [2.75, 3.05) is 14.2 Å². The van der Waals surface area contributed by atoms with E-state index in [1.165, 1.54) is 17.3 Å². The van der Waals surface area contributed by atoms with E-state index in [-0.39, 0.29) is 11.5 Å². The van der Waals surface area contributed by atoms with Gasteiger partial charge in [0.25, 0.3) is 11.5 Å². The van der Waals surface area contributed by atoms with Crippen molar-refractivity contribution < 1.29 is 9.53 Å². The molecule has 0 atom stereocenters.